The third kappa shape index (κ3) is 5.50. The standard InChI is InChI=1S/C24H23N5O3S/c1-31-20-9-8-19(14-21(20)32-2)26-22(30)16-33-24-28-27-23(18-10-12-25-13-11-18)29(24)15-17-6-4-3-5-7-17/h3-14H,15-16H2,1-2H3,(H,26,30). The van der Waals surface area contributed by atoms with Crippen molar-refractivity contribution in [3.05, 3.63) is 78.6 Å². The van der Waals surface area contributed by atoms with E-state index in [-0.39, 0.29) is 11.7 Å². The second-order valence-corrected chi connectivity index (χ2v) is 7.96. The van der Waals surface area contributed by atoms with Gasteiger partial charge in [-0.25, -0.2) is 0 Å². The SMILES string of the molecule is COc1ccc(NC(=O)CSc2nnc(-c3ccncc3)n2Cc2ccccc2)cc1OC. The highest BCUT2D eigenvalue weighted by Crippen LogP contribution is 2.30. The molecule has 2 heterocycles. The first kappa shape index (κ1) is 22.3. The van der Waals surface area contributed by atoms with Crippen LogP contribution in [0, 0.1) is 0 Å². The Bertz CT molecular complexity index is 1220. The Hall–Kier alpha value is -3.85. The van der Waals surface area contributed by atoms with E-state index in [1.54, 1.807) is 44.8 Å². The number of hydrogen-bond acceptors (Lipinski definition) is 7. The highest BCUT2D eigenvalue weighted by molar-refractivity contribution is 7.99. The van der Waals surface area contributed by atoms with Crippen LogP contribution in [0.1, 0.15) is 5.56 Å². The first-order valence-electron chi connectivity index (χ1n) is 10.2. The Labute approximate surface area is 196 Å². The second-order valence-electron chi connectivity index (χ2n) is 7.02. The van der Waals surface area contributed by atoms with Crippen molar-refractivity contribution in [2.75, 3.05) is 25.3 Å². The first-order valence-corrected chi connectivity index (χ1v) is 11.2. The van der Waals surface area contributed by atoms with Crippen molar-refractivity contribution < 1.29 is 14.3 Å². The number of benzene rings is 2. The molecule has 0 unspecified atom stereocenters. The minimum atomic E-state index is -0.160. The van der Waals surface area contributed by atoms with Crippen LogP contribution in [0.2, 0.25) is 0 Å². The number of methoxy groups -OCH3 is 2. The number of rotatable bonds is 9. The minimum Gasteiger partial charge on any atom is -0.493 e. The Balaban J connectivity index is 1.50. The summed E-state index contributed by atoms with van der Waals surface area (Å²) in [6.45, 7) is 0.588. The molecule has 168 valence electrons. The fraction of sp³-hybridized carbons (Fsp3) is 0.167. The Morgan fingerprint density at radius 3 is 2.45 bits per heavy atom. The maximum absolute atomic E-state index is 12.6. The fourth-order valence-electron chi connectivity index (χ4n) is 3.26. The van der Waals surface area contributed by atoms with E-state index in [1.165, 1.54) is 11.8 Å². The maximum atomic E-state index is 12.6. The van der Waals surface area contributed by atoms with Crippen LogP contribution in [0.3, 0.4) is 0 Å². The van der Waals surface area contributed by atoms with E-state index >= 15 is 0 Å². The monoisotopic (exact) mass is 461 g/mol. The van der Waals surface area contributed by atoms with Crippen LogP contribution in [-0.2, 0) is 11.3 Å². The van der Waals surface area contributed by atoms with E-state index in [9.17, 15) is 4.79 Å². The largest absolute Gasteiger partial charge is 0.493 e. The summed E-state index contributed by atoms with van der Waals surface area (Å²) in [4.78, 5) is 16.7. The molecule has 0 spiro atoms. The van der Waals surface area contributed by atoms with Gasteiger partial charge in [0.15, 0.2) is 22.5 Å². The summed E-state index contributed by atoms with van der Waals surface area (Å²) < 4.78 is 12.5. The zero-order valence-electron chi connectivity index (χ0n) is 18.3. The molecule has 1 amide bonds. The van der Waals surface area contributed by atoms with Crippen molar-refractivity contribution in [2.45, 2.75) is 11.7 Å². The molecule has 9 heteroatoms. The van der Waals surface area contributed by atoms with Gasteiger partial charge < -0.3 is 14.8 Å². The van der Waals surface area contributed by atoms with Crippen LogP contribution in [0.4, 0.5) is 5.69 Å². The number of nitrogens with zero attached hydrogens (tertiary/aromatic N) is 4. The number of carbonyl (C=O) groups excluding carboxylic acids is 1. The van der Waals surface area contributed by atoms with E-state index in [0.29, 0.717) is 28.9 Å². The van der Waals surface area contributed by atoms with E-state index in [0.717, 1.165) is 17.0 Å². The van der Waals surface area contributed by atoms with Crippen LogP contribution >= 0.6 is 11.8 Å². The van der Waals surface area contributed by atoms with Crippen LogP contribution < -0.4 is 14.8 Å². The van der Waals surface area contributed by atoms with Gasteiger partial charge in [0.1, 0.15) is 0 Å². The van der Waals surface area contributed by atoms with Gasteiger partial charge in [0.2, 0.25) is 5.91 Å². The van der Waals surface area contributed by atoms with Gasteiger partial charge in [0.05, 0.1) is 26.5 Å². The highest BCUT2D eigenvalue weighted by Gasteiger charge is 2.16. The molecule has 0 aliphatic rings. The molecule has 1 N–H and O–H groups in total. The van der Waals surface area contributed by atoms with Gasteiger partial charge in [0.25, 0.3) is 0 Å². The summed E-state index contributed by atoms with van der Waals surface area (Å²) >= 11 is 1.33. The molecule has 0 aliphatic heterocycles. The molecule has 0 aliphatic carbocycles. The van der Waals surface area contributed by atoms with Gasteiger partial charge >= 0.3 is 0 Å². The number of carbonyl (C=O) groups is 1. The molecular formula is C24H23N5O3S. The van der Waals surface area contributed by atoms with Crippen molar-refractivity contribution in [3.8, 4) is 22.9 Å². The second kappa shape index (κ2) is 10.6. The number of aromatic nitrogens is 4. The quantitative estimate of drug-likeness (QED) is 0.375. The van der Waals surface area contributed by atoms with E-state index in [1.807, 2.05) is 34.9 Å². The normalized spacial score (nSPS) is 10.6. The molecule has 4 aromatic rings. The molecular weight excluding hydrogens is 438 g/mol. The summed E-state index contributed by atoms with van der Waals surface area (Å²) in [5, 5.41) is 12.3. The Morgan fingerprint density at radius 2 is 1.73 bits per heavy atom. The fourth-order valence-corrected chi connectivity index (χ4v) is 4.00. The molecule has 8 nitrogen and oxygen atoms in total. The van der Waals surface area contributed by atoms with Gasteiger partial charge in [0, 0.05) is 29.7 Å². The van der Waals surface area contributed by atoms with E-state index < -0.39 is 0 Å². The van der Waals surface area contributed by atoms with Crippen molar-refractivity contribution in [1.82, 2.24) is 19.7 Å². The third-order valence-electron chi connectivity index (χ3n) is 4.84. The Morgan fingerprint density at radius 1 is 0.970 bits per heavy atom. The van der Waals surface area contributed by atoms with Gasteiger partial charge in [-0.15, -0.1) is 10.2 Å². The molecule has 0 bridgehead atoms. The number of pyridine rings is 1. The summed E-state index contributed by atoms with van der Waals surface area (Å²) in [5.74, 6) is 1.89. The smallest absolute Gasteiger partial charge is 0.234 e. The zero-order valence-corrected chi connectivity index (χ0v) is 19.1. The number of thioether (sulfide) groups is 1. The third-order valence-corrected chi connectivity index (χ3v) is 5.81. The molecule has 4 rings (SSSR count). The zero-order chi connectivity index (χ0) is 23.0. The lowest BCUT2D eigenvalue weighted by Gasteiger charge is -2.12. The van der Waals surface area contributed by atoms with Crippen molar-refractivity contribution in [1.29, 1.82) is 0 Å². The van der Waals surface area contributed by atoms with Gasteiger partial charge in [-0.1, -0.05) is 42.1 Å². The van der Waals surface area contributed by atoms with Crippen molar-refractivity contribution in [2.24, 2.45) is 0 Å². The summed E-state index contributed by atoms with van der Waals surface area (Å²) in [5.41, 5.74) is 2.65. The van der Waals surface area contributed by atoms with Crippen LogP contribution in [0.15, 0.2) is 78.2 Å². The highest BCUT2D eigenvalue weighted by atomic mass is 32.2. The first-order chi connectivity index (χ1) is 16.2. The molecule has 2 aromatic heterocycles. The maximum Gasteiger partial charge on any atom is 0.234 e. The minimum absolute atomic E-state index is 0.160. The van der Waals surface area contributed by atoms with Crippen LogP contribution in [0.5, 0.6) is 11.5 Å². The van der Waals surface area contributed by atoms with Crippen molar-refractivity contribution >= 4 is 23.4 Å². The molecule has 0 saturated carbocycles. The predicted molar refractivity (Wildman–Crippen MR) is 128 cm³/mol. The lowest BCUT2D eigenvalue weighted by molar-refractivity contribution is -0.113. The summed E-state index contributed by atoms with van der Waals surface area (Å²) in [6, 6.07) is 19.1. The lowest BCUT2D eigenvalue weighted by Crippen LogP contribution is -2.15. The number of amides is 1. The van der Waals surface area contributed by atoms with Gasteiger partial charge in [-0.05, 0) is 29.8 Å². The Kier molecular flexibility index (Phi) is 7.21. The summed E-state index contributed by atoms with van der Waals surface area (Å²) in [7, 11) is 3.12. The number of hydrogen-bond donors (Lipinski definition) is 1. The van der Waals surface area contributed by atoms with Gasteiger partial charge in [-0.2, -0.15) is 0 Å². The average molecular weight is 462 g/mol. The molecule has 0 saturated heterocycles. The predicted octanol–water partition coefficient (Wildman–Crippen LogP) is 4.14. The lowest BCUT2D eigenvalue weighted by atomic mass is 10.2. The number of ether oxygens (including phenoxy) is 2. The number of nitrogens with one attached hydrogen (secondary N) is 1. The topological polar surface area (TPSA) is 91.2 Å². The van der Waals surface area contributed by atoms with E-state index in [4.69, 9.17) is 9.47 Å². The molecule has 2 aromatic carbocycles. The van der Waals surface area contributed by atoms with Gasteiger partial charge in [-0.3, -0.25) is 14.3 Å². The van der Waals surface area contributed by atoms with Crippen molar-refractivity contribution in [3.63, 3.8) is 0 Å². The average Bonchev–Trinajstić information content (AvgIpc) is 3.26. The number of anilines is 1. The summed E-state index contributed by atoms with van der Waals surface area (Å²) in [6.07, 6.45) is 3.44. The molecule has 0 fully saturated rings. The molecule has 0 radical (unpaired) electrons. The molecule has 33 heavy (non-hydrogen) atoms. The van der Waals surface area contributed by atoms with Crippen LogP contribution in [0.25, 0.3) is 11.4 Å². The van der Waals surface area contributed by atoms with Crippen LogP contribution in [-0.4, -0.2) is 45.6 Å². The van der Waals surface area contributed by atoms with E-state index in [2.05, 4.69) is 32.6 Å². The molecule has 0 atom stereocenters.